The summed E-state index contributed by atoms with van der Waals surface area (Å²) in [7, 11) is 0. The monoisotopic (exact) mass is 542 g/mol. The van der Waals surface area contributed by atoms with E-state index in [1.54, 1.807) is 48.5 Å². The minimum atomic E-state index is -0.941. The van der Waals surface area contributed by atoms with Crippen LogP contribution in [0, 0.1) is 0 Å². The number of esters is 4. The molecule has 1 amide bonds. The van der Waals surface area contributed by atoms with E-state index in [4.69, 9.17) is 19.9 Å². The summed E-state index contributed by atoms with van der Waals surface area (Å²) >= 11 is 0. The second-order valence-electron chi connectivity index (χ2n) is 8.00. The van der Waals surface area contributed by atoms with E-state index in [-0.39, 0.29) is 57.3 Å². The molecule has 0 aromatic rings. The summed E-state index contributed by atoms with van der Waals surface area (Å²) in [6, 6.07) is -1.68. The predicted octanol–water partition coefficient (Wildman–Crippen LogP) is 2.43. The van der Waals surface area contributed by atoms with Crippen LogP contribution in [0.15, 0.2) is 0 Å². The number of hydrogen-bond donors (Lipinski definition) is 2. The fourth-order valence-electron chi connectivity index (χ4n) is 2.31. The molecule has 0 radical (unpaired) electrons. The first-order chi connectivity index (χ1) is 16.3. The molecule has 12 nitrogen and oxygen atoms in total. The normalized spacial score (nSPS) is 11.8. The van der Waals surface area contributed by atoms with Crippen LogP contribution >= 0.6 is 12.4 Å². The zero-order valence-corrected chi connectivity index (χ0v) is 23.2. The van der Waals surface area contributed by atoms with Crippen molar-refractivity contribution in [3.8, 4) is 0 Å². The Bertz CT molecular complexity index is 668. The second-order valence-corrected chi connectivity index (χ2v) is 8.00. The van der Waals surface area contributed by atoms with Crippen molar-refractivity contribution < 1.29 is 47.7 Å². The third-order valence-corrected chi connectivity index (χ3v) is 3.76. The van der Waals surface area contributed by atoms with Gasteiger partial charge >= 0.3 is 30.0 Å². The van der Waals surface area contributed by atoms with Crippen molar-refractivity contribution in [3.05, 3.63) is 0 Å². The van der Waals surface area contributed by atoms with Gasteiger partial charge in [0.15, 0.2) is 0 Å². The summed E-state index contributed by atoms with van der Waals surface area (Å²) in [4.78, 5) is 56.7. The van der Waals surface area contributed by atoms with Gasteiger partial charge in [0.25, 0.3) is 0 Å². The maximum absolute atomic E-state index is 11.8. The van der Waals surface area contributed by atoms with Crippen molar-refractivity contribution in [2.45, 2.75) is 91.8 Å². The van der Waals surface area contributed by atoms with Gasteiger partial charge in [-0.1, -0.05) is 0 Å². The number of nitrogens with one attached hydrogen (secondary N) is 1. The molecule has 0 aromatic heterocycles. The molecule has 0 saturated heterocycles. The van der Waals surface area contributed by atoms with Gasteiger partial charge in [-0.05, 0) is 61.3 Å². The zero-order chi connectivity index (χ0) is 27.4. The Labute approximate surface area is 219 Å². The maximum Gasteiger partial charge on any atom is 0.408 e. The van der Waals surface area contributed by atoms with E-state index in [1.165, 1.54) is 0 Å². The van der Waals surface area contributed by atoms with E-state index in [2.05, 4.69) is 14.8 Å². The van der Waals surface area contributed by atoms with E-state index >= 15 is 0 Å². The molecule has 36 heavy (non-hydrogen) atoms. The molecular formula is C23H43ClN2O10. The summed E-state index contributed by atoms with van der Waals surface area (Å²) in [6.07, 6.45) is -0.223. The number of rotatable bonds is 13. The van der Waals surface area contributed by atoms with Gasteiger partial charge in [0.05, 0.1) is 26.4 Å². The van der Waals surface area contributed by atoms with E-state index in [0.717, 1.165) is 0 Å². The molecule has 0 bridgehead atoms. The van der Waals surface area contributed by atoms with Crippen molar-refractivity contribution >= 4 is 42.4 Å². The highest BCUT2D eigenvalue weighted by Gasteiger charge is 2.26. The Morgan fingerprint density at radius 1 is 0.722 bits per heavy atom. The summed E-state index contributed by atoms with van der Waals surface area (Å²) in [5.74, 6) is -1.85. The molecule has 212 valence electrons. The van der Waals surface area contributed by atoms with E-state index in [9.17, 15) is 24.0 Å². The number of nitrogens with two attached hydrogens (primary N) is 1. The first-order valence-electron chi connectivity index (χ1n) is 11.7. The molecule has 2 atom stereocenters. The lowest BCUT2D eigenvalue weighted by molar-refractivity contribution is -0.148. The molecule has 0 saturated carbocycles. The Hall–Kier alpha value is -2.60. The fourth-order valence-corrected chi connectivity index (χ4v) is 2.31. The molecule has 0 aliphatic carbocycles. The topological polar surface area (TPSA) is 170 Å². The van der Waals surface area contributed by atoms with Crippen LogP contribution in [0.5, 0.6) is 0 Å². The van der Waals surface area contributed by atoms with E-state index in [0.29, 0.717) is 13.2 Å². The molecule has 0 fully saturated rings. The van der Waals surface area contributed by atoms with Crippen LogP contribution in [0.4, 0.5) is 4.79 Å². The molecule has 0 aliphatic rings. The molecule has 0 unspecified atom stereocenters. The average molecular weight is 543 g/mol. The Kier molecular flexibility index (Phi) is 22.8. The summed E-state index contributed by atoms with van der Waals surface area (Å²) < 4.78 is 24.1. The molecule has 3 N–H and O–H groups in total. The minimum Gasteiger partial charge on any atom is -0.466 e. The Morgan fingerprint density at radius 3 is 1.56 bits per heavy atom. The average Bonchev–Trinajstić information content (AvgIpc) is 2.74. The summed E-state index contributed by atoms with van der Waals surface area (Å²) in [6.45, 7) is 13.0. The predicted molar refractivity (Wildman–Crippen MR) is 133 cm³/mol. The first kappa shape index (κ1) is 37.9. The van der Waals surface area contributed by atoms with Crippen LogP contribution in [0.1, 0.15) is 74.1 Å². The number of ether oxygens (including phenoxy) is 5. The maximum atomic E-state index is 11.8. The highest BCUT2D eigenvalue weighted by molar-refractivity contribution is 5.85. The molecular weight excluding hydrogens is 500 g/mol. The van der Waals surface area contributed by atoms with Crippen molar-refractivity contribution in [1.82, 2.24) is 5.32 Å². The SMILES string of the molecule is CCOC(=O)CC[C@H](N)C(=O)OCC.CCOC(=O)CC[C@H](NC(=O)OC(C)(C)C)C(=O)OCC.Cl. The molecule has 0 rings (SSSR count). The number of hydrogen-bond acceptors (Lipinski definition) is 11. The van der Waals surface area contributed by atoms with Crippen molar-refractivity contribution in [3.63, 3.8) is 0 Å². The lowest BCUT2D eigenvalue weighted by Gasteiger charge is -2.22. The number of alkyl carbamates (subject to hydrolysis) is 1. The molecule has 0 aliphatic heterocycles. The van der Waals surface area contributed by atoms with Crippen LogP contribution in [0.3, 0.4) is 0 Å². The van der Waals surface area contributed by atoms with Gasteiger partial charge in [-0.2, -0.15) is 0 Å². The molecule has 0 heterocycles. The first-order valence-corrected chi connectivity index (χ1v) is 11.7. The largest absolute Gasteiger partial charge is 0.466 e. The highest BCUT2D eigenvalue weighted by Crippen LogP contribution is 2.09. The Balaban J connectivity index is -0.000000635. The van der Waals surface area contributed by atoms with Crippen LogP contribution in [-0.4, -0.2) is 74.1 Å². The van der Waals surface area contributed by atoms with Crippen LogP contribution in [0.25, 0.3) is 0 Å². The molecule has 0 spiro atoms. The van der Waals surface area contributed by atoms with Gasteiger partial charge in [0, 0.05) is 12.8 Å². The van der Waals surface area contributed by atoms with Gasteiger partial charge in [-0.15, -0.1) is 12.4 Å². The molecule has 0 aromatic carbocycles. The van der Waals surface area contributed by atoms with Crippen LogP contribution in [0.2, 0.25) is 0 Å². The third-order valence-electron chi connectivity index (χ3n) is 3.76. The van der Waals surface area contributed by atoms with Gasteiger partial charge < -0.3 is 34.7 Å². The van der Waals surface area contributed by atoms with Gasteiger partial charge in [-0.3, -0.25) is 14.4 Å². The standard InChI is InChI=1S/C14H25NO6.C9H17NO4.ClH/c1-6-19-11(16)9-8-10(12(17)20-7-2)15-13(18)21-14(3,4)5;1-3-13-8(11)6-5-7(10)9(12)14-4-2;/h10H,6-9H2,1-5H3,(H,15,18);7H,3-6,10H2,1-2H3;1H/t10-;7-;/m00./s1. The highest BCUT2D eigenvalue weighted by atomic mass is 35.5. The fraction of sp³-hybridized carbons (Fsp3) is 0.783. The lowest BCUT2D eigenvalue weighted by Crippen LogP contribution is -2.44. The van der Waals surface area contributed by atoms with E-state index < -0.39 is 41.7 Å². The second kappa shape index (κ2) is 21.7. The van der Waals surface area contributed by atoms with Crippen molar-refractivity contribution in [2.75, 3.05) is 26.4 Å². The lowest BCUT2D eigenvalue weighted by atomic mass is 10.1. The number of carbonyl (C=O) groups is 5. The smallest absolute Gasteiger partial charge is 0.408 e. The van der Waals surface area contributed by atoms with Crippen molar-refractivity contribution in [1.29, 1.82) is 0 Å². The van der Waals surface area contributed by atoms with Gasteiger partial charge in [0.2, 0.25) is 0 Å². The zero-order valence-electron chi connectivity index (χ0n) is 22.4. The van der Waals surface area contributed by atoms with Crippen LogP contribution < -0.4 is 11.1 Å². The van der Waals surface area contributed by atoms with Gasteiger partial charge in [-0.25, -0.2) is 9.59 Å². The third kappa shape index (κ3) is 21.9. The van der Waals surface area contributed by atoms with Crippen LogP contribution in [-0.2, 0) is 42.9 Å². The Morgan fingerprint density at radius 2 is 1.14 bits per heavy atom. The minimum absolute atomic E-state index is 0. The molecule has 13 heteroatoms. The quantitative estimate of drug-likeness (QED) is 0.259. The number of carbonyl (C=O) groups excluding carboxylic acids is 5. The van der Waals surface area contributed by atoms with Crippen molar-refractivity contribution in [2.24, 2.45) is 5.73 Å². The van der Waals surface area contributed by atoms with Gasteiger partial charge in [0.1, 0.15) is 17.7 Å². The summed E-state index contributed by atoms with van der Waals surface area (Å²) in [5, 5.41) is 2.41. The number of amides is 1. The van der Waals surface area contributed by atoms with E-state index in [1.807, 2.05) is 0 Å². The summed E-state index contributed by atoms with van der Waals surface area (Å²) in [5.41, 5.74) is 4.79. The number of halogens is 1.